The Labute approximate surface area is 333 Å². The molecule has 1 fully saturated rings. The molecule has 55 heavy (non-hydrogen) atoms. The van der Waals surface area contributed by atoms with E-state index in [2.05, 4.69) is 65.6 Å². The molecule has 290 valence electrons. The molecule has 0 bridgehead atoms. The summed E-state index contributed by atoms with van der Waals surface area (Å²) < 4.78 is 5.78. The van der Waals surface area contributed by atoms with Gasteiger partial charge in [0.25, 0.3) is 0 Å². The number of carbonyl (C=O) groups excluding carboxylic acids is 2. The van der Waals surface area contributed by atoms with Gasteiger partial charge in [0.2, 0.25) is 0 Å². The lowest BCUT2D eigenvalue weighted by Crippen LogP contribution is -2.43. The quantitative estimate of drug-likeness (QED) is 0.0623. The van der Waals surface area contributed by atoms with Crippen molar-refractivity contribution in [1.82, 2.24) is 9.88 Å². The summed E-state index contributed by atoms with van der Waals surface area (Å²) in [4.78, 5) is 53.4. The van der Waals surface area contributed by atoms with Crippen LogP contribution in [0.1, 0.15) is 96.6 Å². The van der Waals surface area contributed by atoms with Gasteiger partial charge in [-0.3, -0.25) is 9.78 Å². The standard InChI is InChI=1S/C40H44Cl2N2O3.C4H4O4/c1-27-34(38(46)47-39(3,4)5)36(31-19-14-20-32(41)37(31)42)35(28(2)45)33(43-27)21-12-13-24-44-25-22-40(23-26-44,29-15-8-6-9-16-29)30-17-10-7-11-18-30;5-3(6)1-2-4(7)8/h6-11,14-20H,12-13,21-26H2,1-5H3;1-2H,(H,5,6)(H,7,8). The number of aryl methyl sites for hydroxylation is 2. The highest BCUT2D eigenvalue weighted by Gasteiger charge is 2.37. The lowest BCUT2D eigenvalue weighted by molar-refractivity contribution is -0.134. The van der Waals surface area contributed by atoms with Crippen LogP contribution in [0.2, 0.25) is 10.0 Å². The number of ketones is 1. The van der Waals surface area contributed by atoms with E-state index in [0.717, 1.165) is 45.3 Å². The fourth-order valence-electron chi connectivity index (χ4n) is 7.06. The fraction of sp³-hybridized carbons (Fsp3) is 0.341. The van der Waals surface area contributed by atoms with Crippen LogP contribution in [0.25, 0.3) is 11.1 Å². The highest BCUT2D eigenvalue weighted by Crippen LogP contribution is 2.42. The molecule has 1 saturated heterocycles. The van der Waals surface area contributed by atoms with Crippen LogP contribution in [0, 0.1) is 6.92 Å². The third kappa shape index (κ3) is 11.4. The molecule has 0 spiro atoms. The third-order valence-corrected chi connectivity index (χ3v) is 10.3. The lowest BCUT2D eigenvalue weighted by Gasteiger charge is -2.43. The van der Waals surface area contributed by atoms with Gasteiger partial charge in [-0.2, -0.15) is 0 Å². The molecule has 11 heteroatoms. The normalized spacial score (nSPS) is 14.2. The number of rotatable bonds is 12. The van der Waals surface area contributed by atoms with Gasteiger partial charge in [-0.25, -0.2) is 14.4 Å². The molecule has 0 unspecified atom stereocenters. The van der Waals surface area contributed by atoms with Crippen molar-refractivity contribution in [3.05, 3.63) is 135 Å². The summed E-state index contributed by atoms with van der Waals surface area (Å²) in [6.45, 7) is 11.7. The van der Waals surface area contributed by atoms with E-state index in [0.29, 0.717) is 51.7 Å². The first-order chi connectivity index (χ1) is 26.0. The number of likely N-dealkylation sites (tertiary alicyclic amines) is 1. The van der Waals surface area contributed by atoms with Crippen molar-refractivity contribution in [2.45, 2.75) is 77.7 Å². The number of nitrogens with zero attached hydrogens (tertiary/aromatic N) is 2. The van der Waals surface area contributed by atoms with E-state index >= 15 is 0 Å². The van der Waals surface area contributed by atoms with Crippen LogP contribution in [0.5, 0.6) is 0 Å². The molecule has 0 aliphatic carbocycles. The SMILES string of the molecule is CC(=O)c1c(CCCCN2CCC(c3ccccc3)(c3ccccc3)CC2)nc(C)c(C(=O)OC(C)(C)C)c1-c1cccc(Cl)c1Cl.O=C(O)C=CC(=O)O. The van der Waals surface area contributed by atoms with Crippen molar-refractivity contribution in [1.29, 1.82) is 0 Å². The number of carboxylic acid groups (broad SMARTS) is 2. The predicted molar refractivity (Wildman–Crippen MR) is 216 cm³/mol. The second kappa shape index (κ2) is 19.2. The average molecular weight is 788 g/mol. The number of aromatic nitrogens is 1. The molecule has 5 rings (SSSR count). The number of esters is 1. The van der Waals surface area contributed by atoms with E-state index in [1.807, 2.05) is 20.8 Å². The molecule has 1 aliphatic rings. The largest absolute Gasteiger partial charge is 0.478 e. The number of carboxylic acids is 2. The van der Waals surface area contributed by atoms with Crippen molar-refractivity contribution in [2.75, 3.05) is 19.6 Å². The Kier molecular flexibility index (Phi) is 14.9. The Bertz CT molecular complexity index is 1960. The number of benzene rings is 3. The van der Waals surface area contributed by atoms with Crippen molar-refractivity contribution in [2.24, 2.45) is 0 Å². The Morgan fingerprint density at radius 2 is 1.36 bits per heavy atom. The van der Waals surface area contributed by atoms with Gasteiger partial charge in [0.1, 0.15) is 5.60 Å². The van der Waals surface area contributed by atoms with Crippen LogP contribution in [0.15, 0.2) is 91.0 Å². The smallest absolute Gasteiger partial charge is 0.341 e. The molecule has 9 nitrogen and oxygen atoms in total. The van der Waals surface area contributed by atoms with E-state index in [9.17, 15) is 19.2 Å². The van der Waals surface area contributed by atoms with E-state index in [4.69, 9.17) is 43.1 Å². The first-order valence-electron chi connectivity index (χ1n) is 18.2. The first kappa shape index (κ1) is 42.9. The number of unbranched alkanes of at least 4 members (excludes halogenated alkanes) is 1. The number of carbonyl (C=O) groups is 4. The topological polar surface area (TPSA) is 134 Å². The Morgan fingerprint density at radius 1 is 0.818 bits per heavy atom. The number of Topliss-reactive ketones (excluding diaryl/α,β-unsaturated/α-hetero) is 1. The Hall–Kier alpha value is -4.83. The zero-order valence-electron chi connectivity index (χ0n) is 31.9. The second-order valence-electron chi connectivity index (χ2n) is 14.6. The van der Waals surface area contributed by atoms with E-state index in [-0.39, 0.29) is 21.8 Å². The highest BCUT2D eigenvalue weighted by atomic mass is 35.5. The second-order valence-corrected chi connectivity index (χ2v) is 15.3. The van der Waals surface area contributed by atoms with Crippen LogP contribution in [-0.4, -0.2) is 69.0 Å². The van der Waals surface area contributed by atoms with Crippen LogP contribution >= 0.6 is 23.2 Å². The van der Waals surface area contributed by atoms with Gasteiger partial charge in [-0.1, -0.05) is 96.0 Å². The molecular weight excluding hydrogens is 739 g/mol. The van der Waals surface area contributed by atoms with E-state index < -0.39 is 23.5 Å². The average Bonchev–Trinajstić information content (AvgIpc) is 3.13. The lowest BCUT2D eigenvalue weighted by atomic mass is 9.68. The van der Waals surface area contributed by atoms with Gasteiger partial charge in [0.05, 0.1) is 27.0 Å². The molecule has 1 aromatic heterocycles. The summed E-state index contributed by atoms with van der Waals surface area (Å²) in [6.07, 6.45) is 5.65. The maximum absolute atomic E-state index is 13.6. The number of pyridine rings is 1. The molecule has 3 aromatic carbocycles. The molecule has 0 amide bonds. The molecule has 0 radical (unpaired) electrons. The van der Waals surface area contributed by atoms with Crippen LogP contribution < -0.4 is 0 Å². The van der Waals surface area contributed by atoms with Crippen molar-refractivity contribution in [3.8, 4) is 11.1 Å². The minimum atomic E-state index is -1.26. The minimum Gasteiger partial charge on any atom is -0.478 e. The van der Waals surface area contributed by atoms with Gasteiger partial charge in [-0.15, -0.1) is 0 Å². The Morgan fingerprint density at radius 3 is 1.85 bits per heavy atom. The number of piperidine rings is 1. The highest BCUT2D eigenvalue weighted by molar-refractivity contribution is 6.44. The molecule has 4 aromatic rings. The zero-order chi connectivity index (χ0) is 40.3. The molecule has 2 heterocycles. The molecular formula is C44H48Cl2N2O7. The number of aliphatic carboxylic acids is 2. The maximum atomic E-state index is 13.6. The summed E-state index contributed by atoms with van der Waals surface area (Å²) >= 11 is 13.1. The third-order valence-electron chi connectivity index (χ3n) is 9.50. The van der Waals surface area contributed by atoms with Gasteiger partial charge >= 0.3 is 17.9 Å². The molecule has 1 aliphatic heterocycles. The van der Waals surface area contributed by atoms with Gasteiger partial charge in [0, 0.05) is 34.3 Å². The van der Waals surface area contributed by atoms with Crippen LogP contribution in [-0.2, 0) is 26.2 Å². The number of ether oxygens (including phenoxy) is 1. The van der Waals surface area contributed by atoms with E-state index in [1.54, 1.807) is 25.1 Å². The van der Waals surface area contributed by atoms with Gasteiger partial charge in [0.15, 0.2) is 5.78 Å². The first-order valence-corrected chi connectivity index (χ1v) is 19.0. The summed E-state index contributed by atoms with van der Waals surface area (Å²) in [5, 5.41) is 16.2. The Balaban J connectivity index is 0.000000757. The van der Waals surface area contributed by atoms with Gasteiger partial charge < -0.3 is 19.8 Å². The summed E-state index contributed by atoms with van der Waals surface area (Å²) in [5.41, 5.74) is 4.82. The fourth-order valence-corrected chi connectivity index (χ4v) is 7.45. The monoisotopic (exact) mass is 786 g/mol. The van der Waals surface area contributed by atoms with E-state index in [1.165, 1.54) is 18.1 Å². The molecule has 0 atom stereocenters. The van der Waals surface area contributed by atoms with Crippen LogP contribution in [0.4, 0.5) is 0 Å². The molecule has 2 N–H and O–H groups in total. The summed E-state index contributed by atoms with van der Waals surface area (Å²) in [5.74, 6) is -3.24. The summed E-state index contributed by atoms with van der Waals surface area (Å²) in [7, 11) is 0. The minimum absolute atomic E-state index is 0.0186. The van der Waals surface area contributed by atoms with Gasteiger partial charge in [-0.05, 0) is 104 Å². The van der Waals surface area contributed by atoms with Crippen molar-refractivity contribution < 1.29 is 34.1 Å². The molecule has 0 saturated carbocycles. The predicted octanol–water partition coefficient (Wildman–Crippen LogP) is 9.64. The zero-order valence-corrected chi connectivity index (χ0v) is 33.4. The number of hydrogen-bond acceptors (Lipinski definition) is 7. The van der Waals surface area contributed by atoms with Crippen LogP contribution in [0.3, 0.4) is 0 Å². The number of hydrogen-bond donors (Lipinski definition) is 2. The maximum Gasteiger partial charge on any atom is 0.341 e. The van der Waals surface area contributed by atoms with Crippen molar-refractivity contribution >= 4 is 46.9 Å². The number of halogens is 2. The van der Waals surface area contributed by atoms with Crippen molar-refractivity contribution in [3.63, 3.8) is 0 Å². The summed E-state index contributed by atoms with van der Waals surface area (Å²) in [6, 6.07) is 27.1.